The lowest BCUT2D eigenvalue weighted by Crippen LogP contribution is -2.17. The average Bonchev–Trinajstić information content (AvgIpc) is 3.59. The Labute approximate surface area is 350 Å². The van der Waals surface area contributed by atoms with Crippen LogP contribution >= 0.6 is 0 Å². The minimum atomic E-state index is -0.302. The van der Waals surface area contributed by atoms with Gasteiger partial charge >= 0.3 is 0 Å². The molecule has 0 aliphatic carbocycles. The fourth-order valence-corrected chi connectivity index (χ4v) is 8.20. The van der Waals surface area contributed by atoms with E-state index in [4.69, 9.17) is 9.97 Å². The van der Waals surface area contributed by atoms with Crippen molar-refractivity contribution in [2.75, 3.05) is 0 Å². The maximum absolute atomic E-state index is 12.4. The summed E-state index contributed by atoms with van der Waals surface area (Å²) in [6.45, 7) is 24.5. The molecule has 8 rings (SSSR count). The van der Waals surface area contributed by atoms with Crippen molar-refractivity contribution in [1.82, 2.24) is 14.5 Å². The van der Waals surface area contributed by atoms with Gasteiger partial charge in [-0.05, 0) is 103 Å². The Hall–Kier alpha value is -6.00. The summed E-state index contributed by atoms with van der Waals surface area (Å²) in [5.74, 6) is 1.21. The van der Waals surface area contributed by atoms with Gasteiger partial charge in [0, 0.05) is 28.3 Å². The topological polar surface area (TPSA) is 50.9 Å². The van der Waals surface area contributed by atoms with Crippen LogP contribution in [-0.2, 0) is 16.2 Å². The number of aromatic hydroxyl groups is 1. The van der Waals surface area contributed by atoms with Crippen molar-refractivity contribution in [2.24, 2.45) is 0 Å². The predicted octanol–water partition coefficient (Wildman–Crippen LogP) is 15.0. The minimum Gasteiger partial charge on any atom is -0.507 e. The number of phenols is 1. The molecule has 2 aromatic heterocycles. The standard InChI is InChI=1S/C55H57N3O/c1-34(2)44-29-37(35-18-13-12-14-19-35)24-25-48(44)58-49-23-17-22-43(50(49)57-52(58)45-31-42(54(6,7)8)32-46(51(45)59)55(9,10)11)39-26-40(28-41(27-39)53(3,4)5)47-30-36-20-15-16-21-38(36)33-56-47/h12-34,59H,1-11H3. The zero-order valence-electron chi connectivity index (χ0n) is 36.6. The summed E-state index contributed by atoms with van der Waals surface area (Å²) >= 11 is 0. The Bertz CT molecular complexity index is 2860. The minimum absolute atomic E-state index is 0.116. The number of para-hydroxylation sites is 1. The number of imidazole rings is 1. The quantitative estimate of drug-likeness (QED) is 0.183. The highest BCUT2D eigenvalue weighted by Crippen LogP contribution is 2.46. The molecule has 0 atom stereocenters. The number of aromatic nitrogens is 3. The molecule has 8 aromatic rings. The van der Waals surface area contributed by atoms with E-state index in [-0.39, 0.29) is 27.9 Å². The maximum atomic E-state index is 12.4. The molecule has 0 bridgehead atoms. The molecular formula is C55H57N3O. The zero-order valence-corrected chi connectivity index (χ0v) is 36.6. The third-order valence-corrected chi connectivity index (χ3v) is 11.7. The van der Waals surface area contributed by atoms with Crippen LogP contribution in [-0.4, -0.2) is 19.6 Å². The summed E-state index contributed by atoms with van der Waals surface area (Å²) in [5, 5.41) is 14.7. The van der Waals surface area contributed by atoms with Gasteiger partial charge in [0.05, 0.1) is 28.0 Å². The molecule has 0 radical (unpaired) electrons. The second kappa shape index (κ2) is 14.7. The van der Waals surface area contributed by atoms with Crippen LogP contribution in [0.2, 0.25) is 0 Å². The van der Waals surface area contributed by atoms with Crippen LogP contribution < -0.4 is 0 Å². The van der Waals surface area contributed by atoms with Gasteiger partial charge in [0.2, 0.25) is 0 Å². The molecule has 0 saturated carbocycles. The Kier molecular flexibility index (Phi) is 9.90. The number of hydrogen-bond acceptors (Lipinski definition) is 3. The monoisotopic (exact) mass is 775 g/mol. The highest BCUT2D eigenvalue weighted by atomic mass is 16.3. The molecule has 0 fully saturated rings. The fraction of sp³-hybridized carbons (Fsp3) is 0.273. The Balaban J connectivity index is 1.45. The number of pyridine rings is 1. The molecule has 4 heteroatoms. The highest BCUT2D eigenvalue weighted by Gasteiger charge is 2.29. The molecule has 6 aromatic carbocycles. The maximum Gasteiger partial charge on any atom is 0.149 e. The normalized spacial score (nSPS) is 12.5. The first-order valence-electron chi connectivity index (χ1n) is 21.0. The van der Waals surface area contributed by atoms with Gasteiger partial charge in [0.1, 0.15) is 11.6 Å². The zero-order chi connectivity index (χ0) is 42.0. The summed E-state index contributed by atoms with van der Waals surface area (Å²) in [7, 11) is 0. The predicted molar refractivity (Wildman–Crippen MR) is 250 cm³/mol. The van der Waals surface area contributed by atoms with E-state index in [1.54, 1.807) is 0 Å². The lowest BCUT2D eigenvalue weighted by molar-refractivity contribution is 0.446. The van der Waals surface area contributed by atoms with Crippen molar-refractivity contribution >= 4 is 21.8 Å². The Morgan fingerprint density at radius 1 is 0.542 bits per heavy atom. The molecule has 2 heterocycles. The van der Waals surface area contributed by atoms with Crippen LogP contribution in [0.25, 0.3) is 72.4 Å². The van der Waals surface area contributed by atoms with Crippen molar-refractivity contribution in [1.29, 1.82) is 0 Å². The van der Waals surface area contributed by atoms with Gasteiger partial charge in [0.15, 0.2) is 0 Å². The Morgan fingerprint density at radius 3 is 1.88 bits per heavy atom. The molecule has 0 aliphatic heterocycles. The summed E-state index contributed by atoms with van der Waals surface area (Å²) in [6, 6.07) is 45.7. The van der Waals surface area contributed by atoms with Crippen LogP contribution in [0.4, 0.5) is 0 Å². The molecule has 1 N–H and O–H groups in total. The molecular weight excluding hydrogens is 719 g/mol. The number of hydrogen-bond donors (Lipinski definition) is 1. The van der Waals surface area contributed by atoms with Gasteiger partial charge in [-0.1, -0.05) is 161 Å². The molecule has 0 unspecified atom stereocenters. The third kappa shape index (κ3) is 7.58. The van der Waals surface area contributed by atoms with Crippen LogP contribution in [0.15, 0.2) is 134 Å². The van der Waals surface area contributed by atoms with Crippen LogP contribution in [0.3, 0.4) is 0 Å². The number of rotatable bonds is 6. The van der Waals surface area contributed by atoms with Crippen LogP contribution in [0, 0.1) is 0 Å². The van der Waals surface area contributed by atoms with Crippen molar-refractivity contribution in [3.63, 3.8) is 0 Å². The molecule has 0 saturated heterocycles. The van der Waals surface area contributed by atoms with Crippen LogP contribution in [0.1, 0.15) is 104 Å². The van der Waals surface area contributed by atoms with E-state index in [2.05, 4.69) is 208 Å². The molecule has 0 spiro atoms. The number of fused-ring (bicyclic) bond motifs is 2. The largest absolute Gasteiger partial charge is 0.507 e. The van der Waals surface area contributed by atoms with Crippen molar-refractivity contribution < 1.29 is 5.11 Å². The number of benzene rings is 6. The van der Waals surface area contributed by atoms with E-state index < -0.39 is 0 Å². The van der Waals surface area contributed by atoms with Crippen molar-refractivity contribution in [2.45, 2.75) is 98.3 Å². The first-order chi connectivity index (χ1) is 27.9. The number of nitrogens with zero attached hydrogens (tertiary/aromatic N) is 3. The molecule has 59 heavy (non-hydrogen) atoms. The van der Waals surface area contributed by atoms with Crippen molar-refractivity contribution in [3.8, 4) is 56.3 Å². The van der Waals surface area contributed by atoms with Crippen LogP contribution in [0.5, 0.6) is 5.75 Å². The van der Waals surface area contributed by atoms with Gasteiger partial charge in [0.25, 0.3) is 0 Å². The van der Waals surface area contributed by atoms with E-state index in [1.807, 2.05) is 6.20 Å². The van der Waals surface area contributed by atoms with E-state index >= 15 is 0 Å². The SMILES string of the molecule is CC(C)c1cc(-c2ccccc2)ccc1-n1c(-c2cc(C(C)(C)C)cc(C(C)(C)C)c2O)nc2c(-c3cc(-c4cc5ccccc5cn4)cc(C(C)(C)C)c3)cccc21. The van der Waals surface area contributed by atoms with Gasteiger partial charge in [-0.25, -0.2) is 4.98 Å². The molecule has 0 aliphatic rings. The first-order valence-corrected chi connectivity index (χ1v) is 21.0. The summed E-state index contributed by atoms with van der Waals surface area (Å²) in [6.07, 6.45) is 1.97. The molecule has 0 amide bonds. The van der Waals surface area contributed by atoms with Gasteiger partial charge in [-0.15, -0.1) is 0 Å². The lowest BCUT2D eigenvalue weighted by Gasteiger charge is -2.28. The average molecular weight is 776 g/mol. The second-order valence-corrected chi connectivity index (χ2v) is 19.6. The Morgan fingerprint density at radius 2 is 1.20 bits per heavy atom. The highest BCUT2D eigenvalue weighted by molar-refractivity contribution is 5.97. The summed E-state index contributed by atoms with van der Waals surface area (Å²) < 4.78 is 2.30. The van der Waals surface area contributed by atoms with E-state index in [1.165, 1.54) is 22.3 Å². The van der Waals surface area contributed by atoms with E-state index in [0.29, 0.717) is 0 Å². The smallest absolute Gasteiger partial charge is 0.149 e. The molecule has 4 nitrogen and oxygen atoms in total. The van der Waals surface area contributed by atoms with E-state index in [9.17, 15) is 5.11 Å². The van der Waals surface area contributed by atoms with Gasteiger partial charge < -0.3 is 5.11 Å². The first kappa shape index (κ1) is 39.8. The fourth-order valence-electron chi connectivity index (χ4n) is 8.20. The summed E-state index contributed by atoms with van der Waals surface area (Å²) in [5.41, 5.74) is 14.0. The summed E-state index contributed by atoms with van der Waals surface area (Å²) in [4.78, 5) is 10.6. The molecule has 298 valence electrons. The lowest BCUT2D eigenvalue weighted by atomic mass is 9.79. The third-order valence-electron chi connectivity index (χ3n) is 11.7. The van der Waals surface area contributed by atoms with Crippen molar-refractivity contribution in [3.05, 3.63) is 156 Å². The van der Waals surface area contributed by atoms with Gasteiger partial charge in [-0.2, -0.15) is 0 Å². The van der Waals surface area contributed by atoms with E-state index in [0.717, 1.165) is 72.4 Å². The number of phenolic OH excluding ortho intramolecular Hbond substituents is 1. The second-order valence-electron chi connectivity index (χ2n) is 19.6. The van der Waals surface area contributed by atoms with Gasteiger partial charge in [-0.3, -0.25) is 9.55 Å².